The number of nitrogens with one attached hydrogen (secondary N) is 1. The fourth-order valence-electron chi connectivity index (χ4n) is 3.27. The SMILES string of the molecule is O=C(O)/C=C/CNCCCN1C2=CC=CCC2=CCc2ccccc21. The first kappa shape index (κ1) is 17.2. The Labute approximate surface area is 148 Å². The van der Waals surface area contributed by atoms with Crippen LogP contribution in [0.4, 0.5) is 5.69 Å². The topological polar surface area (TPSA) is 52.6 Å². The van der Waals surface area contributed by atoms with Gasteiger partial charge in [-0.1, -0.05) is 42.5 Å². The van der Waals surface area contributed by atoms with Crippen LogP contribution in [0.15, 0.2) is 72.0 Å². The number of aliphatic carboxylic acids is 1. The summed E-state index contributed by atoms with van der Waals surface area (Å²) in [6, 6.07) is 8.62. The standard InChI is InChI=1S/C21H24N2O2/c24-21(25)11-5-14-22-15-6-16-23-19-9-3-1-7-17(19)12-13-18-8-2-4-10-20(18)23/h1-5,7,9-11,13,22H,6,8,12,14-16H2,(H,24,25)/b11-5+. The molecular weight excluding hydrogens is 312 g/mol. The number of anilines is 1. The van der Waals surface area contributed by atoms with Gasteiger partial charge in [0.05, 0.1) is 0 Å². The van der Waals surface area contributed by atoms with Crippen LogP contribution in [0.5, 0.6) is 0 Å². The van der Waals surface area contributed by atoms with Crippen LogP contribution in [-0.2, 0) is 11.2 Å². The Kier molecular flexibility index (Phi) is 5.86. The Hall–Kier alpha value is -2.59. The van der Waals surface area contributed by atoms with Gasteiger partial charge >= 0.3 is 5.97 Å². The van der Waals surface area contributed by atoms with Crippen LogP contribution in [0.1, 0.15) is 18.4 Å². The molecule has 0 atom stereocenters. The van der Waals surface area contributed by atoms with E-state index in [0.29, 0.717) is 6.54 Å². The molecule has 1 aliphatic heterocycles. The molecule has 1 aliphatic carbocycles. The largest absolute Gasteiger partial charge is 0.478 e. The Morgan fingerprint density at radius 3 is 3.04 bits per heavy atom. The normalized spacial score (nSPS) is 16.1. The summed E-state index contributed by atoms with van der Waals surface area (Å²) in [5.74, 6) is -0.903. The molecule has 1 heterocycles. The lowest BCUT2D eigenvalue weighted by atomic mass is 10.0. The highest BCUT2D eigenvalue weighted by Crippen LogP contribution is 2.34. The zero-order valence-corrected chi connectivity index (χ0v) is 14.3. The smallest absolute Gasteiger partial charge is 0.328 e. The molecule has 0 amide bonds. The molecule has 0 bridgehead atoms. The van der Waals surface area contributed by atoms with Crippen LogP contribution in [0.2, 0.25) is 0 Å². The van der Waals surface area contributed by atoms with Crippen molar-refractivity contribution in [2.24, 2.45) is 0 Å². The van der Waals surface area contributed by atoms with Gasteiger partial charge in [0.25, 0.3) is 0 Å². The summed E-state index contributed by atoms with van der Waals surface area (Å²) < 4.78 is 0. The van der Waals surface area contributed by atoms with Crippen molar-refractivity contribution in [2.75, 3.05) is 24.5 Å². The number of hydrogen-bond donors (Lipinski definition) is 2. The highest BCUT2D eigenvalue weighted by Gasteiger charge is 2.21. The van der Waals surface area contributed by atoms with Gasteiger partial charge < -0.3 is 15.3 Å². The van der Waals surface area contributed by atoms with Crippen LogP contribution in [-0.4, -0.2) is 30.7 Å². The molecule has 3 rings (SSSR count). The number of para-hydroxylation sites is 1. The van der Waals surface area contributed by atoms with E-state index in [1.807, 2.05) is 0 Å². The minimum absolute atomic E-state index is 0.583. The average Bonchev–Trinajstić information content (AvgIpc) is 2.78. The van der Waals surface area contributed by atoms with Gasteiger partial charge in [0, 0.05) is 30.5 Å². The summed E-state index contributed by atoms with van der Waals surface area (Å²) in [7, 11) is 0. The number of allylic oxidation sites excluding steroid dienone is 5. The minimum atomic E-state index is -0.903. The van der Waals surface area contributed by atoms with Gasteiger partial charge in [-0.25, -0.2) is 4.79 Å². The molecule has 130 valence electrons. The summed E-state index contributed by atoms with van der Waals surface area (Å²) >= 11 is 0. The molecule has 1 aromatic carbocycles. The second-order valence-electron chi connectivity index (χ2n) is 6.20. The predicted octanol–water partition coefficient (Wildman–Crippen LogP) is 3.44. The summed E-state index contributed by atoms with van der Waals surface area (Å²) in [6.07, 6.45) is 14.7. The number of fused-ring (bicyclic) bond motifs is 2. The van der Waals surface area contributed by atoms with Crippen LogP contribution in [0, 0.1) is 0 Å². The first-order valence-electron chi connectivity index (χ1n) is 8.77. The van der Waals surface area contributed by atoms with Crippen molar-refractivity contribution in [3.63, 3.8) is 0 Å². The monoisotopic (exact) mass is 336 g/mol. The fourth-order valence-corrected chi connectivity index (χ4v) is 3.27. The molecular formula is C21H24N2O2. The number of benzene rings is 1. The molecule has 0 saturated heterocycles. The van der Waals surface area contributed by atoms with E-state index in [2.05, 4.69) is 58.8 Å². The molecule has 0 aromatic heterocycles. The second kappa shape index (κ2) is 8.49. The number of carboxylic acid groups (broad SMARTS) is 1. The molecule has 1 aromatic rings. The Morgan fingerprint density at radius 1 is 1.28 bits per heavy atom. The quantitative estimate of drug-likeness (QED) is 0.592. The zero-order valence-electron chi connectivity index (χ0n) is 14.3. The average molecular weight is 336 g/mol. The zero-order chi connectivity index (χ0) is 17.5. The van der Waals surface area contributed by atoms with E-state index in [-0.39, 0.29) is 0 Å². The fraction of sp³-hybridized carbons (Fsp3) is 0.286. The van der Waals surface area contributed by atoms with E-state index in [1.165, 1.54) is 28.6 Å². The summed E-state index contributed by atoms with van der Waals surface area (Å²) in [6.45, 7) is 2.37. The third kappa shape index (κ3) is 4.48. The van der Waals surface area contributed by atoms with Gasteiger partial charge in [0.15, 0.2) is 0 Å². The Bertz CT molecular complexity index is 744. The van der Waals surface area contributed by atoms with E-state index in [1.54, 1.807) is 6.08 Å². The molecule has 4 nitrogen and oxygen atoms in total. The maximum Gasteiger partial charge on any atom is 0.328 e. The highest BCUT2D eigenvalue weighted by molar-refractivity contribution is 5.79. The molecule has 0 saturated carbocycles. The molecule has 0 spiro atoms. The van der Waals surface area contributed by atoms with Gasteiger partial charge in [-0.15, -0.1) is 0 Å². The maximum absolute atomic E-state index is 10.4. The van der Waals surface area contributed by atoms with Crippen molar-refractivity contribution in [1.29, 1.82) is 0 Å². The summed E-state index contributed by atoms with van der Waals surface area (Å²) in [5, 5.41) is 11.8. The van der Waals surface area contributed by atoms with E-state index in [4.69, 9.17) is 5.11 Å². The molecule has 2 N–H and O–H groups in total. The van der Waals surface area contributed by atoms with Crippen LogP contribution < -0.4 is 10.2 Å². The van der Waals surface area contributed by atoms with Crippen LogP contribution >= 0.6 is 0 Å². The van der Waals surface area contributed by atoms with Gasteiger partial charge in [0.2, 0.25) is 0 Å². The lowest BCUT2D eigenvalue weighted by molar-refractivity contribution is -0.131. The van der Waals surface area contributed by atoms with Gasteiger partial charge in [-0.2, -0.15) is 0 Å². The van der Waals surface area contributed by atoms with Crippen LogP contribution in [0.3, 0.4) is 0 Å². The number of hydrogen-bond acceptors (Lipinski definition) is 3. The number of carboxylic acids is 1. The van der Waals surface area contributed by atoms with Crippen molar-refractivity contribution in [3.8, 4) is 0 Å². The van der Waals surface area contributed by atoms with Crippen molar-refractivity contribution >= 4 is 11.7 Å². The van der Waals surface area contributed by atoms with E-state index in [0.717, 1.165) is 32.4 Å². The van der Waals surface area contributed by atoms with E-state index in [9.17, 15) is 4.79 Å². The Morgan fingerprint density at radius 2 is 2.16 bits per heavy atom. The lowest BCUT2D eigenvalue weighted by Crippen LogP contribution is -2.28. The van der Waals surface area contributed by atoms with Crippen molar-refractivity contribution in [3.05, 3.63) is 77.6 Å². The summed E-state index contributed by atoms with van der Waals surface area (Å²) in [4.78, 5) is 12.9. The van der Waals surface area contributed by atoms with Gasteiger partial charge in [0.1, 0.15) is 0 Å². The van der Waals surface area contributed by atoms with Crippen LogP contribution in [0.25, 0.3) is 0 Å². The van der Waals surface area contributed by atoms with E-state index >= 15 is 0 Å². The number of nitrogens with zero attached hydrogens (tertiary/aromatic N) is 1. The highest BCUT2D eigenvalue weighted by atomic mass is 16.4. The van der Waals surface area contributed by atoms with Crippen molar-refractivity contribution in [2.45, 2.75) is 19.3 Å². The van der Waals surface area contributed by atoms with Gasteiger partial charge in [-0.05, 0) is 49.1 Å². The Balaban J connectivity index is 1.65. The predicted molar refractivity (Wildman–Crippen MR) is 102 cm³/mol. The molecule has 25 heavy (non-hydrogen) atoms. The third-order valence-electron chi connectivity index (χ3n) is 4.46. The molecule has 2 aliphatic rings. The third-order valence-corrected chi connectivity index (χ3v) is 4.46. The molecule has 0 fully saturated rings. The minimum Gasteiger partial charge on any atom is -0.478 e. The van der Waals surface area contributed by atoms with Crippen molar-refractivity contribution < 1.29 is 9.90 Å². The first-order valence-corrected chi connectivity index (χ1v) is 8.77. The number of carbonyl (C=O) groups is 1. The number of rotatable bonds is 7. The lowest BCUT2D eigenvalue weighted by Gasteiger charge is -2.30. The van der Waals surface area contributed by atoms with Crippen molar-refractivity contribution in [1.82, 2.24) is 5.32 Å². The van der Waals surface area contributed by atoms with E-state index < -0.39 is 5.97 Å². The first-order chi connectivity index (χ1) is 12.3. The maximum atomic E-state index is 10.4. The van der Waals surface area contributed by atoms with Gasteiger partial charge in [-0.3, -0.25) is 0 Å². The summed E-state index contributed by atoms with van der Waals surface area (Å²) in [5.41, 5.74) is 5.36. The molecule has 0 radical (unpaired) electrons. The second-order valence-corrected chi connectivity index (χ2v) is 6.20. The molecule has 4 heteroatoms. The molecule has 0 unspecified atom stereocenters.